The Morgan fingerprint density at radius 1 is 1.12 bits per heavy atom. The van der Waals surface area contributed by atoms with E-state index < -0.39 is 5.97 Å². The molecular weight excluding hydrogens is 316 g/mol. The molecule has 0 aliphatic carbocycles. The molecule has 2 rings (SSSR count). The van der Waals surface area contributed by atoms with Crippen molar-refractivity contribution in [3.63, 3.8) is 0 Å². The summed E-state index contributed by atoms with van der Waals surface area (Å²) in [5.74, 6) is -1.08. The molecule has 25 heavy (non-hydrogen) atoms. The molecule has 2 aromatic carbocycles. The van der Waals surface area contributed by atoms with Gasteiger partial charge in [-0.2, -0.15) is 0 Å². The van der Waals surface area contributed by atoms with Crippen molar-refractivity contribution in [2.24, 2.45) is 0 Å². The summed E-state index contributed by atoms with van der Waals surface area (Å²) >= 11 is 0. The van der Waals surface area contributed by atoms with Gasteiger partial charge in [0.2, 0.25) is 0 Å². The zero-order valence-corrected chi connectivity index (χ0v) is 14.7. The second kappa shape index (κ2) is 8.87. The molecule has 0 spiro atoms. The Hall–Kier alpha value is -2.82. The molecule has 0 aliphatic rings. The van der Waals surface area contributed by atoms with E-state index >= 15 is 0 Å². The van der Waals surface area contributed by atoms with Gasteiger partial charge in [-0.05, 0) is 35.7 Å². The van der Waals surface area contributed by atoms with Gasteiger partial charge in [0.25, 0.3) is 5.91 Å². The zero-order chi connectivity index (χ0) is 18.2. The summed E-state index contributed by atoms with van der Waals surface area (Å²) in [6.45, 7) is 2.93. The number of hydrogen-bond donors (Lipinski definition) is 2. The molecule has 132 valence electrons. The van der Waals surface area contributed by atoms with E-state index in [0.29, 0.717) is 12.1 Å². The molecule has 2 aromatic rings. The first-order chi connectivity index (χ1) is 12.0. The van der Waals surface area contributed by atoms with Gasteiger partial charge in [0, 0.05) is 31.4 Å². The van der Waals surface area contributed by atoms with Crippen LogP contribution in [0.1, 0.15) is 34.8 Å². The summed E-state index contributed by atoms with van der Waals surface area (Å²) in [6, 6.07) is 15.6. The maximum atomic E-state index is 12.4. The highest BCUT2D eigenvalue weighted by Gasteiger charge is 2.13. The number of anilines is 1. The number of para-hydroxylation sites is 1. The van der Waals surface area contributed by atoms with Gasteiger partial charge in [0.05, 0.1) is 6.42 Å². The lowest BCUT2D eigenvalue weighted by Gasteiger charge is -2.17. The third-order valence-corrected chi connectivity index (χ3v) is 4.06. The minimum atomic E-state index is -0.910. The summed E-state index contributed by atoms with van der Waals surface area (Å²) in [5.41, 5.74) is 3.92. The largest absolute Gasteiger partial charge is 0.481 e. The summed E-state index contributed by atoms with van der Waals surface area (Å²) < 4.78 is 0. The van der Waals surface area contributed by atoms with Crippen LogP contribution < -0.4 is 5.32 Å². The highest BCUT2D eigenvalue weighted by Crippen LogP contribution is 2.17. The Kier molecular flexibility index (Phi) is 6.57. The molecule has 0 radical (unpaired) electrons. The second-order valence-electron chi connectivity index (χ2n) is 5.94. The van der Waals surface area contributed by atoms with Crippen LogP contribution in [0.3, 0.4) is 0 Å². The fourth-order valence-electron chi connectivity index (χ4n) is 2.60. The number of nitrogens with zero attached hydrogens (tertiary/aromatic N) is 1. The van der Waals surface area contributed by atoms with Crippen molar-refractivity contribution >= 4 is 17.6 Å². The van der Waals surface area contributed by atoms with Crippen molar-refractivity contribution in [3.05, 3.63) is 65.2 Å². The third kappa shape index (κ3) is 5.35. The number of aryl methyl sites for hydroxylation is 1. The monoisotopic (exact) mass is 340 g/mol. The molecule has 5 nitrogen and oxygen atoms in total. The van der Waals surface area contributed by atoms with E-state index in [4.69, 9.17) is 5.11 Å². The number of carbonyl (C=O) groups excluding carboxylic acids is 1. The van der Waals surface area contributed by atoms with Crippen molar-refractivity contribution in [3.8, 4) is 0 Å². The lowest BCUT2D eigenvalue weighted by Crippen LogP contribution is -2.29. The topological polar surface area (TPSA) is 69.6 Å². The van der Waals surface area contributed by atoms with Crippen LogP contribution in [0.4, 0.5) is 5.69 Å². The van der Waals surface area contributed by atoms with Crippen LogP contribution in [0.25, 0.3) is 0 Å². The molecule has 0 heterocycles. The van der Waals surface area contributed by atoms with Gasteiger partial charge < -0.3 is 15.3 Å². The maximum absolute atomic E-state index is 12.4. The van der Waals surface area contributed by atoms with Gasteiger partial charge in [-0.3, -0.25) is 9.59 Å². The molecule has 0 saturated carbocycles. The Bertz CT molecular complexity index is 743. The molecule has 0 unspecified atom stereocenters. The summed E-state index contributed by atoms with van der Waals surface area (Å²) in [4.78, 5) is 24.5. The number of carbonyl (C=O) groups is 2. The molecule has 0 saturated heterocycles. The lowest BCUT2D eigenvalue weighted by molar-refractivity contribution is -0.137. The van der Waals surface area contributed by atoms with E-state index in [-0.39, 0.29) is 18.9 Å². The lowest BCUT2D eigenvalue weighted by atomic mass is 10.1. The highest BCUT2D eigenvalue weighted by molar-refractivity contribution is 5.94. The van der Waals surface area contributed by atoms with Gasteiger partial charge in [-0.1, -0.05) is 37.3 Å². The van der Waals surface area contributed by atoms with Crippen molar-refractivity contribution in [1.29, 1.82) is 0 Å². The van der Waals surface area contributed by atoms with Gasteiger partial charge in [0.1, 0.15) is 0 Å². The highest BCUT2D eigenvalue weighted by atomic mass is 16.4. The Morgan fingerprint density at radius 2 is 1.88 bits per heavy atom. The van der Waals surface area contributed by atoms with E-state index in [9.17, 15) is 9.59 Å². The Morgan fingerprint density at radius 3 is 2.60 bits per heavy atom. The van der Waals surface area contributed by atoms with E-state index in [2.05, 4.69) is 18.3 Å². The normalized spacial score (nSPS) is 10.3. The molecule has 5 heteroatoms. The predicted molar refractivity (Wildman–Crippen MR) is 98.8 cm³/mol. The zero-order valence-electron chi connectivity index (χ0n) is 14.7. The van der Waals surface area contributed by atoms with Gasteiger partial charge in [0.15, 0.2) is 0 Å². The molecule has 0 bridgehead atoms. The minimum Gasteiger partial charge on any atom is -0.481 e. The average molecular weight is 340 g/mol. The molecule has 2 N–H and O–H groups in total. The van der Waals surface area contributed by atoms with Crippen LogP contribution in [0.15, 0.2) is 48.5 Å². The number of nitrogens with one attached hydrogen (secondary N) is 1. The smallest absolute Gasteiger partial charge is 0.305 e. The molecule has 1 amide bonds. The minimum absolute atomic E-state index is 0.0582. The van der Waals surface area contributed by atoms with Crippen LogP contribution in [0.5, 0.6) is 0 Å². The van der Waals surface area contributed by atoms with E-state index in [1.165, 1.54) is 10.5 Å². The summed E-state index contributed by atoms with van der Waals surface area (Å²) in [5, 5.41) is 12.1. The van der Waals surface area contributed by atoms with E-state index in [0.717, 1.165) is 17.7 Å². The average Bonchev–Trinajstić information content (AvgIpc) is 2.64. The molecule has 0 atom stereocenters. The van der Waals surface area contributed by atoms with Crippen LogP contribution in [0, 0.1) is 0 Å². The first-order valence-electron chi connectivity index (χ1n) is 8.39. The molecular formula is C20H24N2O3. The first kappa shape index (κ1) is 18.5. The fraction of sp³-hybridized carbons (Fsp3) is 0.300. The molecule has 0 fully saturated rings. The van der Waals surface area contributed by atoms with Crippen molar-refractivity contribution in [2.45, 2.75) is 26.3 Å². The number of hydrogen-bond acceptors (Lipinski definition) is 3. The van der Waals surface area contributed by atoms with Crippen LogP contribution in [-0.2, 0) is 17.8 Å². The predicted octanol–water partition coefficient (Wildman–Crippen LogP) is 3.41. The van der Waals surface area contributed by atoms with E-state index in [1.807, 2.05) is 36.4 Å². The number of carboxylic acids is 1. The van der Waals surface area contributed by atoms with Crippen LogP contribution >= 0.6 is 0 Å². The van der Waals surface area contributed by atoms with Gasteiger partial charge >= 0.3 is 5.97 Å². The Balaban J connectivity index is 2.03. The SMILES string of the molecule is CCc1ccccc1NCc1cccc(C(=O)N(C)CCC(=O)O)c1. The summed E-state index contributed by atoms with van der Waals surface area (Å²) in [6.07, 6.45) is 0.896. The maximum Gasteiger partial charge on any atom is 0.305 e. The third-order valence-electron chi connectivity index (χ3n) is 4.06. The summed E-state index contributed by atoms with van der Waals surface area (Å²) in [7, 11) is 1.62. The van der Waals surface area contributed by atoms with Crippen molar-refractivity contribution in [1.82, 2.24) is 4.90 Å². The van der Waals surface area contributed by atoms with Crippen molar-refractivity contribution < 1.29 is 14.7 Å². The Labute approximate surface area is 148 Å². The number of amides is 1. The first-order valence-corrected chi connectivity index (χ1v) is 8.39. The van der Waals surface area contributed by atoms with E-state index in [1.54, 1.807) is 13.1 Å². The van der Waals surface area contributed by atoms with Crippen LogP contribution in [0.2, 0.25) is 0 Å². The van der Waals surface area contributed by atoms with Crippen molar-refractivity contribution in [2.75, 3.05) is 18.9 Å². The fourth-order valence-corrected chi connectivity index (χ4v) is 2.60. The molecule has 0 aliphatic heterocycles. The number of benzene rings is 2. The number of carboxylic acid groups (broad SMARTS) is 1. The quantitative estimate of drug-likeness (QED) is 0.773. The van der Waals surface area contributed by atoms with Gasteiger partial charge in [-0.15, -0.1) is 0 Å². The van der Waals surface area contributed by atoms with Gasteiger partial charge in [-0.25, -0.2) is 0 Å². The standard InChI is InChI=1S/C20H24N2O3/c1-3-16-8-4-5-10-18(16)21-14-15-7-6-9-17(13-15)20(25)22(2)12-11-19(23)24/h4-10,13,21H,3,11-12,14H2,1-2H3,(H,23,24). The number of rotatable bonds is 8. The second-order valence-corrected chi connectivity index (χ2v) is 5.94. The van der Waals surface area contributed by atoms with Crippen LogP contribution in [-0.4, -0.2) is 35.5 Å². The number of aliphatic carboxylic acids is 1. The molecule has 0 aromatic heterocycles.